The van der Waals surface area contributed by atoms with Gasteiger partial charge in [-0.1, -0.05) is 15.9 Å². The minimum Gasteiger partial charge on any atom is -0.292 e. The molecule has 0 fully saturated rings. The fourth-order valence-electron chi connectivity index (χ4n) is 1.28. The first-order valence-corrected chi connectivity index (χ1v) is 4.90. The Morgan fingerprint density at radius 2 is 2.29 bits per heavy atom. The molecule has 0 saturated heterocycles. The summed E-state index contributed by atoms with van der Waals surface area (Å²) in [5, 5.41) is 8.68. The van der Waals surface area contributed by atoms with Crippen molar-refractivity contribution in [1.29, 1.82) is 5.26 Å². The van der Waals surface area contributed by atoms with Crippen LogP contribution in [0, 0.1) is 11.3 Å². The molecular formula is C10H5BrN2O. The molecule has 0 amide bonds. The zero-order valence-electron chi connectivity index (χ0n) is 7.07. The molecule has 1 aromatic carbocycles. The summed E-state index contributed by atoms with van der Waals surface area (Å²) in [6.07, 6.45) is 1.55. The van der Waals surface area contributed by atoms with Gasteiger partial charge in [0.1, 0.15) is 4.83 Å². The summed E-state index contributed by atoms with van der Waals surface area (Å²) in [7, 11) is 0. The summed E-state index contributed by atoms with van der Waals surface area (Å²) in [6, 6.07) is 6.90. The molecule has 1 atom stereocenters. The van der Waals surface area contributed by atoms with Gasteiger partial charge in [0.25, 0.3) is 0 Å². The number of halogens is 1. The zero-order valence-corrected chi connectivity index (χ0v) is 8.65. The van der Waals surface area contributed by atoms with E-state index in [-0.39, 0.29) is 10.6 Å². The molecule has 0 radical (unpaired) electrons. The maximum absolute atomic E-state index is 11.6. The predicted octanol–water partition coefficient (Wildman–Crippen LogP) is 2.22. The fourth-order valence-corrected chi connectivity index (χ4v) is 1.64. The highest BCUT2D eigenvalue weighted by Gasteiger charge is 2.22. The third kappa shape index (κ3) is 1.36. The molecule has 68 valence electrons. The Labute approximate surface area is 89.2 Å². The second-order valence-electron chi connectivity index (χ2n) is 2.89. The summed E-state index contributed by atoms with van der Waals surface area (Å²) in [5.74, 6) is -0.0490. The molecule has 2 rings (SSSR count). The van der Waals surface area contributed by atoms with Crippen molar-refractivity contribution in [1.82, 2.24) is 0 Å². The van der Waals surface area contributed by atoms with Crippen molar-refractivity contribution >= 4 is 33.6 Å². The molecule has 1 aromatic rings. The van der Waals surface area contributed by atoms with E-state index in [1.54, 1.807) is 24.4 Å². The second kappa shape index (κ2) is 3.35. The van der Waals surface area contributed by atoms with Gasteiger partial charge in [-0.2, -0.15) is 5.26 Å². The topological polar surface area (TPSA) is 53.2 Å². The Balaban J connectivity index is 2.60. The normalized spacial score (nSPS) is 18.9. The van der Waals surface area contributed by atoms with Crippen LogP contribution in [0.3, 0.4) is 0 Å². The lowest BCUT2D eigenvalue weighted by Gasteiger charge is -2.12. The highest BCUT2D eigenvalue weighted by atomic mass is 79.9. The molecule has 1 unspecified atom stereocenters. The Morgan fingerprint density at radius 3 is 3.00 bits per heavy atom. The van der Waals surface area contributed by atoms with Crippen LogP contribution in [0.25, 0.3) is 0 Å². The standard InChI is InChI=1S/C10H5BrN2O/c11-8-5-13-9-2-1-6(4-12)3-7(9)10(8)14/h1-3,5,8H. The lowest BCUT2D eigenvalue weighted by Crippen LogP contribution is -2.19. The number of Topliss-reactive ketones (excluding diaryl/α,β-unsaturated/α-hetero) is 1. The molecule has 4 heteroatoms. The number of ketones is 1. The number of hydrogen-bond donors (Lipinski definition) is 0. The number of carbonyl (C=O) groups is 1. The third-order valence-corrected chi connectivity index (χ3v) is 2.64. The van der Waals surface area contributed by atoms with E-state index in [0.717, 1.165) is 0 Å². The lowest BCUT2D eigenvalue weighted by molar-refractivity contribution is 0.101. The van der Waals surface area contributed by atoms with Crippen molar-refractivity contribution in [3.05, 3.63) is 29.3 Å². The number of alkyl halides is 1. The van der Waals surface area contributed by atoms with Crippen LogP contribution in [-0.4, -0.2) is 16.8 Å². The summed E-state index contributed by atoms with van der Waals surface area (Å²) in [6.45, 7) is 0. The van der Waals surface area contributed by atoms with E-state index >= 15 is 0 Å². The van der Waals surface area contributed by atoms with E-state index < -0.39 is 0 Å². The Bertz CT molecular complexity index is 474. The average Bonchev–Trinajstić information content (AvgIpc) is 2.23. The lowest BCUT2D eigenvalue weighted by atomic mass is 10.0. The van der Waals surface area contributed by atoms with Crippen LogP contribution >= 0.6 is 15.9 Å². The van der Waals surface area contributed by atoms with Gasteiger partial charge in [0.2, 0.25) is 0 Å². The maximum Gasteiger partial charge on any atom is 0.184 e. The summed E-state index contributed by atoms with van der Waals surface area (Å²) in [5.41, 5.74) is 1.62. The summed E-state index contributed by atoms with van der Waals surface area (Å²) in [4.78, 5) is 15.4. The van der Waals surface area contributed by atoms with Crippen LogP contribution in [0.2, 0.25) is 0 Å². The highest BCUT2D eigenvalue weighted by molar-refractivity contribution is 9.10. The van der Waals surface area contributed by atoms with Crippen molar-refractivity contribution < 1.29 is 4.79 Å². The van der Waals surface area contributed by atoms with E-state index in [2.05, 4.69) is 20.9 Å². The van der Waals surface area contributed by atoms with Gasteiger partial charge in [-0.25, -0.2) is 0 Å². The number of hydrogen-bond acceptors (Lipinski definition) is 3. The molecule has 1 aliphatic heterocycles. The van der Waals surface area contributed by atoms with Crippen LogP contribution in [0.1, 0.15) is 15.9 Å². The number of nitriles is 1. The van der Waals surface area contributed by atoms with E-state index in [0.29, 0.717) is 16.8 Å². The van der Waals surface area contributed by atoms with Gasteiger partial charge >= 0.3 is 0 Å². The number of fused-ring (bicyclic) bond motifs is 1. The predicted molar refractivity (Wildman–Crippen MR) is 56.4 cm³/mol. The quantitative estimate of drug-likeness (QED) is 0.662. The molecule has 0 aliphatic carbocycles. The van der Waals surface area contributed by atoms with Gasteiger partial charge in [-0.05, 0) is 18.2 Å². The van der Waals surface area contributed by atoms with Gasteiger partial charge in [-0.15, -0.1) is 0 Å². The Hall–Kier alpha value is -1.47. The van der Waals surface area contributed by atoms with Crippen molar-refractivity contribution in [2.75, 3.05) is 0 Å². The summed E-state index contributed by atoms with van der Waals surface area (Å²) >= 11 is 3.19. The maximum atomic E-state index is 11.6. The highest BCUT2D eigenvalue weighted by Crippen LogP contribution is 2.26. The van der Waals surface area contributed by atoms with Gasteiger partial charge in [0, 0.05) is 11.8 Å². The molecule has 14 heavy (non-hydrogen) atoms. The van der Waals surface area contributed by atoms with Crippen LogP contribution < -0.4 is 0 Å². The third-order valence-electron chi connectivity index (χ3n) is 1.99. The van der Waals surface area contributed by atoms with Crippen LogP contribution in [0.15, 0.2) is 23.2 Å². The van der Waals surface area contributed by atoms with Gasteiger partial charge in [0.05, 0.1) is 17.3 Å². The largest absolute Gasteiger partial charge is 0.292 e. The van der Waals surface area contributed by atoms with Crippen molar-refractivity contribution in [2.24, 2.45) is 4.99 Å². The Kier molecular flexibility index (Phi) is 2.18. The van der Waals surface area contributed by atoms with Gasteiger partial charge < -0.3 is 0 Å². The van der Waals surface area contributed by atoms with Gasteiger partial charge in [0.15, 0.2) is 5.78 Å². The number of nitrogens with zero attached hydrogens (tertiary/aromatic N) is 2. The summed E-state index contributed by atoms with van der Waals surface area (Å²) < 4.78 is 0. The zero-order chi connectivity index (χ0) is 10.1. The van der Waals surface area contributed by atoms with E-state index in [1.165, 1.54) is 0 Å². The first kappa shape index (κ1) is 9.10. The molecule has 1 aliphatic rings. The molecule has 0 bridgehead atoms. The number of aliphatic imine (C=N–C) groups is 1. The number of carbonyl (C=O) groups excluding carboxylic acids is 1. The fraction of sp³-hybridized carbons (Fsp3) is 0.100. The monoisotopic (exact) mass is 248 g/mol. The van der Waals surface area contributed by atoms with Crippen molar-refractivity contribution in [3.8, 4) is 6.07 Å². The van der Waals surface area contributed by atoms with Crippen molar-refractivity contribution in [3.63, 3.8) is 0 Å². The minimum atomic E-state index is -0.371. The van der Waals surface area contributed by atoms with E-state index in [1.807, 2.05) is 6.07 Å². The molecule has 1 heterocycles. The SMILES string of the molecule is N#Cc1ccc2c(c1)C(=O)C(Br)C=N2. The first-order valence-electron chi connectivity index (χ1n) is 3.99. The number of benzene rings is 1. The average molecular weight is 249 g/mol. The van der Waals surface area contributed by atoms with Crippen LogP contribution in [0.4, 0.5) is 5.69 Å². The van der Waals surface area contributed by atoms with E-state index in [4.69, 9.17) is 5.26 Å². The van der Waals surface area contributed by atoms with Crippen molar-refractivity contribution in [2.45, 2.75) is 4.83 Å². The van der Waals surface area contributed by atoms with Crippen LogP contribution in [0.5, 0.6) is 0 Å². The Morgan fingerprint density at radius 1 is 1.50 bits per heavy atom. The first-order chi connectivity index (χ1) is 6.72. The molecule has 0 saturated carbocycles. The smallest absolute Gasteiger partial charge is 0.184 e. The molecule has 3 nitrogen and oxygen atoms in total. The molecule has 0 aromatic heterocycles. The van der Waals surface area contributed by atoms with Gasteiger partial charge in [-0.3, -0.25) is 9.79 Å². The second-order valence-corrected chi connectivity index (χ2v) is 3.87. The molecule has 0 N–H and O–H groups in total. The van der Waals surface area contributed by atoms with E-state index in [9.17, 15) is 4.79 Å². The molecule has 0 spiro atoms. The number of rotatable bonds is 0. The van der Waals surface area contributed by atoms with Crippen LogP contribution in [-0.2, 0) is 0 Å². The molecular weight excluding hydrogens is 244 g/mol. The minimum absolute atomic E-state index is 0.0490.